The highest BCUT2D eigenvalue weighted by molar-refractivity contribution is 7.13. The minimum Gasteiger partial charge on any atom is -0.355 e. The zero-order chi connectivity index (χ0) is 16.4. The minimum absolute atomic E-state index is 0.0743. The van der Waals surface area contributed by atoms with Crippen LogP contribution < -0.4 is 10.2 Å². The van der Waals surface area contributed by atoms with Gasteiger partial charge in [-0.05, 0) is 19.4 Å². The number of H-pyrrole nitrogens is 1. The smallest absolute Gasteiger partial charge is 0.253 e. The molecule has 2 aromatic rings. The third kappa shape index (κ3) is 3.19. The lowest BCUT2D eigenvalue weighted by atomic mass is 10.1. The fraction of sp³-hybridized carbons (Fsp3) is 0.400. The Kier molecular flexibility index (Phi) is 4.65. The number of thiazole rings is 1. The number of hydrogen-bond acceptors (Lipinski definition) is 5. The molecule has 0 saturated carbocycles. The number of amides is 1. The second kappa shape index (κ2) is 6.31. The van der Waals surface area contributed by atoms with Gasteiger partial charge in [-0.15, -0.1) is 11.3 Å². The zero-order valence-electron chi connectivity index (χ0n) is 13.4. The van der Waals surface area contributed by atoms with Crippen LogP contribution in [0.15, 0.2) is 5.38 Å². The lowest BCUT2D eigenvalue weighted by Gasteiger charge is -2.06. The number of nitrogens with one attached hydrogen (secondary N) is 2. The molecule has 0 aromatic carbocycles. The lowest BCUT2D eigenvalue weighted by Crippen LogP contribution is -2.24. The summed E-state index contributed by atoms with van der Waals surface area (Å²) in [4.78, 5) is 33.2. The number of Topliss-reactive ketones (excluding diaryl/α,β-unsaturated/α-hetero) is 1. The highest BCUT2D eigenvalue weighted by Gasteiger charge is 2.20. The van der Waals surface area contributed by atoms with Gasteiger partial charge < -0.3 is 15.2 Å². The molecule has 0 saturated heterocycles. The van der Waals surface area contributed by atoms with Gasteiger partial charge in [-0.3, -0.25) is 9.59 Å². The van der Waals surface area contributed by atoms with Crippen LogP contribution in [0.1, 0.15) is 44.7 Å². The molecule has 0 radical (unpaired) electrons. The summed E-state index contributed by atoms with van der Waals surface area (Å²) in [6, 6.07) is 0. The van der Waals surface area contributed by atoms with Crippen LogP contribution >= 0.6 is 11.3 Å². The van der Waals surface area contributed by atoms with E-state index in [1.807, 2.05) is 24.4 Å². The number of aryl methyl sites for hydroxylation is 1. The first-order valence-electron chi connectivity index (χ1n) is 6.91. The molecule has 0 atom stereocenters. The predicted molar refractivity (Wildman–Crippen MR) is 87.9 cm³/mol. The van der Waals surface area contributed by atoms with Crippen LogP contribution in [-0.4, -0.2) is 35.8 Å². The number of hydrogen-bond donors (Lipinski definition) is 2. The molecule has 0 unspecified atom stereocenters. The number of rotatable bonds is 5. The van der Waals surface area contributed by atoms with E-state index in [0.717, 1.165) is 10.8 Å². The molecule has 2 aromatic heterocycles. The summed E-state index contributed by atoms with van der Waals surface area (Å²) in [6.45, 7) is 5.42. The van der Waals surface area contributed by atoms with Crippen molar-refractivity contribution in [2.45, 2.75) is 27.3 Å². The van der Waals surface area contributed by atoms with E-state index in [0.29, 0.717) is 29.1 Å². The lowest BCUT2D eigenvalue weighted by molar-refractivity contribution is 0.0949. The molecule has 1 amide bonds. The Labute approximate surface area is 133 Å². The highest BCUT2D eigenvalue weighted by atomic mass is 32.1. The van der Waals surface area contributed by atoms with Gasteiger partial charge in [0.25, 0.3) is 5.91 Å². The maximum atomic E-state index is 12.4. The maximum Gasteiger partial charge on any atom is 0.253 e. The van der Waals surface area contributed by atoms with Gasteiger partial charge in [-0.2, -0.15) is 0 Å². The monoisotopic (exact) mass is 320 g/mol. The summed E-state index contributed by atoms with van der Waals surface area (Å²) in [6.07, 6.45) is 0. The normalized spacial score (nSPS) is 10.6. The van der Waals surface area contributed by atoms with Crippen LogP contribution in [0.4, 0.5) is 5.13 Å². The number of aromatic nitrogens is 2. The van der Waals surface area contributed by atoms with Crippen molar-refractivity contribution in [2.24, 2.45) is 0 Å². The van der Waals surface area contributed by atoms with Gasteiger partial charge in [-0.25, -0.2) is 4.98 Å². The van der Waals surface area contributed by atoms with E-state index in [-0.39, 0.29) is 11.7 Å². The number of carbonyl (C=O) groups excluding carboxylic acids is 2. The van der Waals surface area contributed by atoms with Crippen molar-refractivity contribution < 1.29 is 9.59 Å². The molecule has 22 heavy (non-hydrogen) atoms. The largest absolute Gasteiger partial charge is 0.355 e. The summed E-state index contributed by atoms with van der Waals surface area (Å²) in [7, 11) is 3.86. The standard InChI is InChI=1S/C15H20N4O2S/c1-8-12(9(2)17-13(8)10(3)20)14(21)16-6-11-7-22-15(18-11)19(4)5/h7,17H,6H2,1-5H3,(H,16,21). The number of carbonyl (C=O) groups is 2. The van der Waals surface area contributed by atoms with Crippen LogP contribution in [0.2, 0.25) is 0 Å². The van der Waals surface area contributed by atoms with Crippen molar-refractivity contribution in [3.8, 4) is 0 Å². The Morgan fingerprint density at radius 1 is 1.36 bits per heavy atom. The Morgan fingerprint density at radius 2 is 2.05 bits per heavy atom. The fourth-order valence-corrected chi connectivity index (χ4v) is 3.04. The molecule has 0 aliphatic carbocycles. The highest BCUT2D eigenvalue weighted by Crippen LogP contribution is 2.20. The Bertz CT molecular complexity index is 715. The first kappa shape index (κ1) is 16.2. The average molecular weight is 320 g/mol. The molecule has 2 N–H and O–H groups in total. The molecular weight excluding hydrogens is 300 g/mol. The van der Waals surface area contributed by atoms with Crippen molar-refractivity contribution in [2.75, 3.05) is 19.0 Å². The summed E-state index contributed by atoms with van der Waals surface area (Å²) < 4.78 is 0. The first-order chi connectivity index (χ1) is 10.3. The van der Waals surface area contributed by atoms with Crippen molar-refractivity contribution in [1.29, 1.82) is 0 Å². The van der Waals surface area contributed by atoms with E-state index in [4.69, 9.17) is 0 Å². The van der Waals surface area contributed by atoms with Crippen LogP contribution in [0.25, 0.3) is 0 Å². The van der Waals surface area contributed by atoms with E-state index in [2.05, 4.69) is 15.3 Å². The maximum absolute atomic E-state index is 12.4. The topological polar surface area (TPSA) is 78.1 Å². The van der Waals surface area contributed by atoms with E-state index < -0.39 is 0 Å². The van der Waals surface area contributed by atoms with Gasteiger partial charge in [-0.1, -0.05) is 0 Å². The summed E-state index contributed by atoms with van der Waals surface area (Å²) >= 11 is 1.53. The third-order valence-corrected chi connectivity index (χ3v) is 4.43. The Hall–Kier alpha value is -2.15. The quantitative estimate of drug-likeness (QED) is 0.829. The number of nitrogens with zero attached hydrogens (tertiary/aromatic N) is 2. The molecule has 118 valence electrons. The molecule has 0 spiro atoms. The van der Waals surface area contributed by atoms with Gasteiger partial charge in [0.15, 0.2) is 10.9 Å². The predicted octanol–water partition coefficient (Wildman–Crippen LogP) is 2.29. The van der Waals surface area contributed by atoms with Crippen molar-refractivity contribution in [1.82, 2.24) is 15.3 Å². The molecule has 2 heterocycles. The molecule has 6 nitrogen and oxygen atoms in total. The summed E-state index contributed by atoms with van der Waals surface area (Å²) in [5, 5.41) is 5.68. The second-order valence-electron chi connectivity index (χ2n) is 5.38. The fourth-order valence-electron chi connectivity index (χ4n) is 2.28. The van der Waals surface area contributed by atoms with Crippen molar-refractivity contribution in [3.63, 3.8) is 0 Å². The molecule has 0 fully saturated rings. The van der Waals surface area contributed by atoms with Crippen LogP contribution in [0, 0.1) is 13.8 Å². The number of aromatic amines is 1. The summed E-state index contributed by atoms with van der Waals surface area (Å²) in [5.74, 6) is -0.270. The Morgan fingerprint density at radius 3 is 2.55 bits per heavy atom. The van der Waals surface area contributed by atoms with E-state index in [9.17, 15) is 9.59 Å². The molecular formula is C15H20N4O2S. The summed E-state index contributed by atoms with van der Waals surface area (Å²) in [5.41, 5.74) is 3.24. The molecule has 7 heteroatoms. The second-order valence-corrected chi connectivity index (χ2v) is 6.22. The van der Waals surface area contributed by atoms with Gasteiger partial charge in [0, 0.05) is 32.1 Å². The molecule has 2 rings (SSSR count). The van der Waals surface area contributed by atoms with Crippen LogP contribution in [-0.2, 0) is 6.54 Å². The van der Waals surface area contributed by atoms with E-state index >= 15 is 0 Å². The van der Waals surface area contributed by atoms with Crippen LogP contribution in [0.3, 0.4) is 0 Å². The van der Waals surface area contributed by atoms with Gasteiger partial charge >= 0.3 is 0 Å². The SMILES string of the molecule is CC(=O)c1[nH]c(C)c(C(=O)NCc2csc(N(C)C)n2)c1C. The zero-order valence-corrected chi connectivity index (χ0v) is 14.2. The van der Waals surface area contributed by atoms with Gasteiger partial charge in [0.1, 0.15) is 0 Å². The molecule has 0 aliphatic heterocycles. The van der Waals surface area contributed by atoms with Gasteiger partial charge in [0.05, 0.1) is 23.5 Å². The van der Waals surface area contributed by atoms with E-state index in [1.54, 1.807) is 13.8 Å². The van der Waals surface area contributed by atoms with Crippen molar-refractivity contribution in [3.05, 3.63) is 33.6 Å². The van der Waals surface area contributed by atoms with E-state index in [1.165, 1.54) is 18.3 Å². The number of ketones is 1. The van der Waals surface area contributed by atoms with Crippen LogP contribution in [0.5, 0.6) is 0 Å². The molecule has 0 aliphatic rings. The molecule has 0 bridgehead atoms. The number of anilines is 1. The third-order valence-electron chi connectivity index (χ3n) is 3.37. The van der Waals surface area contributed by atoms with Gasteiger partial charge in [0.2, 0.25) is 0 Å². The minimum atomic E-state index is -0.196. The Balaban J connectivity index is 2.11. The van der Waals surface area contributed by atoms with Crippen molar-refractivity contribution >= 4 is 28.2 Å². The first-order valence-corrected chi connectivity index (χ1v) is 7.79. The average Bonchev–Trinajstić information content (AvgIpc) is 3.01.